The van der Waals surface area contributed by atoms with Crippen LogP contribution in [0.5, 0.6) is 0 Å². The van der Waals surface area contributed by atoms with E-state index in [1.54, 1.807) is 49.3 Å². The van der Waals surface area contributed by atoms with Crippen LogP contribution in [0.1, 0.15) is 26.3 Å². The van der Waals surface area contributed by atoms with Gasteiger partial charge in [0.1, 0.15) is 23.3 Å². The molecular formula is C50H41F2N11. The number of H-pyrrole nitrogens is 2. The van der Waals surface area contributed by atoms with Gasteiger partial charge in [0.15, 0.2) is 11.3 Å². The molecule has 0 aliphatic carbocycles. The largest absolute Gasteiger partial charge is 0.378 e. The minimum atomic E-state index is -0.409. The van der Waals surface area contributed by atoms with Crippen LogP contribution in [0.4, 0.5) is 14.5 Å². The number of hydrogen-bond acceptors (Lipinski definition) is 9. The van der Waals surface area contributed by atoms with Crippen LogP contribution in [0.15, 0.2) is 147 Å². The molecule has 11 nitrogen and oxygen atoms in total. The second-order valence-electron chi connectivity index (χ2n) is 16.1. The Bertz CT molecular complexity index is 3200. The number of imidazole rings is 2. The van der Waals surface area contributed by atoms with E-state index < -0.39 is 11.6 Å². The van der Waals surface area contributed by atoms with Gasteiger partial charge < -0.3 is 14.9 Å². The van der Waals surface area contributed by atoms with Crippen molar-refractivity contribution in [2.45, 2.75) is 26.2 Å². The van der Waals surface area contributed by atoms with Crippen LogP contribution in [-0.2, 0) is 5.41 Å². The molecule has 8 aromatic heterocycles. The number of pyridine rings is 6. The Morgan fingerprint density at radius 1 is 0.476 bits per heavy atom. The number of halogens is 2. The highest BCUT2D eigenvalue weighted by molar-refractivity contribution is 5.91. The molecule has 0 radical (unpaired) electrons. The Labute approximate surface area is 362 Å². The van der Waals surface area contributed by atoms with Crippen molar-refractivity contribution >= 4 is 28.0 Å². The molecule has 0 aliphatic rings. The molecule has 13 heteroatoms. The molecule has 0 atom stereocenters. The monoisotopic (exact) mass is 833 g/mol. The molecule has 0 bridgehead atoms. The highest BCUT2D eigenvalue weighted by Gasteiger charge is 2.20. The molecule has 0 saturated heterocycles. The lowest BCUT2D eigenvalue weighted by molar-refractivity contribution is 0.590. The third-order valence-corrected chi connectivity index (χ3v) is 10.6. The van der Waals surface area contributed by atoms with E-state index in [9.17, 15) is 8.78 Å². The van der Waals surface area contributed by atoms with Gasteiger partial charge in [0, 0.05) is 101 Å². The van der Waals surface area contributed by atoms with Gasteiger partial charge in [-0.1, -0.05) is 45.0 Å². The van der Waals surface area contributed by atoms with Gasteiger partial charge in [-0.15, -0.1) is 0 Å². The SMILES string of the molecule is CC(C)(C)c1ccc(-c2nc3nc(-c4cccnc4)c(-c4ccncc4F)cc3[nH]2)cc1.CN(C)c1ccc(-c2nc3nc(-c4cccnc4)c(-c4ccncc4F)cc3[nH]2)cc1. The first-order chi connectivity index (χ1) is 30.5. The van der Waals surface area contributed by atoms with E-state index in [0.717, 1.165) is 44.8 Å². The van der Waals surface area contributed by atoms with Gasteiger partial charge in [-0.3, -0.25) is 19.9 Å². The standard InChI is InChI=1S/C26H22FN5.C24H19FN6/c1-26(2,3)18-8-6-16(7-9-18)24-30-22-13-20(19-10-12-29-15-21(19)27)23(31-25(22)32-24)17-5-4-11-28-14-17;1-31(2)17-7-5-15(6-8-17)23-28-21-12-19(18-9-11-27-14-20(18)25)22(29-24(21)30-23)16-4-3-10-26-13-16/h4-15H,1-3H3,(H,30,31,32);3-14H,1-2H3,(H,28,29,30). The van der Waals surface area contributed by atoms with Gasteiger partial charge in [-0.25, -0.2) is 28.7 Å². The van der Waals surface area contributed by atoms with Crippen LogP contribution in [-0.4, -0.2) is 63.9 Å². The number of rotatable bonds is 7. The molecule has 310 valence electrons. The van der Waals surface area contributed by atoms with Crippen molar-refractivity contribution in [2.24, 2.45) is 0 Å². The first-order valence-electron chi connectivity index (χ1n) is 20.2. The van der Waals surface area contributed by atoms with Crippen molar-refractivity contribution < 1.29 is 8.78 Å². The fraction of sp³-hybridized carbons (Fsp3) is 0.120. The summed E-state index contributed by atoms with van der Waals surface area (Å²) in [6.07, 6.45) is 12.4. The lowest BCUT2D eigenvalue weighted by Crippen LogP contribution is -2.10. The predicted molar refractivity (Wildman–Crippen MR) is 245 cm³/mol. The molecule has 0 amide bonds. The van der Waals surface area contributed by atoms with Crippen molar-refractivity contribution in [3.63, 3.8) is 0 Å². The lowest BCUT2D eigenvalue weighted by Gasteiger charge is -2.18. The van der Waals surface area contributed by atoms with Crippen molar-refractivity contribution in [3.8, 4) is 67.5 Å². The molecule has 0 aliphatic heterocycles. The fourth-order valence-electron chi connectivity index (χ4n) is 7.25. The molecule has 63 heavy (non-hydrogen) atoms. The number of hydrogen-bond donors (Lipinski definition) is 2. The average Bonchev–Trinajstić information content (AvgIpc) is 3.93. The van der Waals surface area contributed by atoms with Gasteiger partial charge >= 0.3 is 0 Å². The summed E-state index contributed by atoms with van der Waals surface area (Å²) >= 11 is 0. The first-order valence-corrected chi connectivity index (χ1v) is 20.2. The van der Waals surface area contributed by atoms with Crippen LogP contribution in [0, 0.1) is 11.6 Å². The molecule has 10 aromatic rings. The average molecular weight is 834 g/mol. The van der Waals surface area contributed by atoms with Crippen LogP contribution in [0.25, 0.3) is 89.9 Å². The highest BCUT2D eigenvalue weighted by Crippen LogP contribution is 2.36. The van der Waals surface area contributed by atoms with Crippen LogP contribution in [0.2, 0.25) is 0 Å². The van der Waals surface area contributed by atoms with Crippen LogP contribution < -0.4 is 4.90 Å². The van der Waals surface area contributed by atoms with Gasteiger partial charge in [0.25, 0.3) is 0 Å². The zero-order chi connectivity index (χ0) is 43.7. The van der Waals surface area contributed by atoms with Gasteiger partial charge in [0.2, 0.25) is 0 Å². The van der Waals surface area contributed by atoms with E-state index in [-0.39, 0.29) is 5.41 Å². The van der Waals surface area contributed by atoms with E-state index in [4.69, 9.17) is 19.9 Å². The maximum Gasteiger partial charge on any atom is 0.178 e. The molecular weight excluding hydrogens is 793 g/mol. The van der Waals surface area contributed by atoms with E-state index in [2.05, 4.69) is 74.9 Å². The predicted octanol–water partition coefficient (Wildman–Crippen LogP) is 11.1. The Morgan fingerprint density at radius 2 is 0.921 bits per heavy atom. The molecule has 0 unspecified atom stereocenters. The minimum Gasteiger partial charge on any atom is -0.378 e. The third-order valence-electron chi connectivity index (χ3n) is 10.6. The quantitative estimate of drug-likeness (QED) is 0.161. The molecule has 10 rings (SSSR count). The second kappa shape index (κ2) is 16.8. The van der Waals surface area contributed by atoms with E-state index in [0.29, 0.717) is 50.8 Å². The molecule has 2 aromatic carbocycles. The Kier molecular flexibility index (Phi) is 10.7. The summed E-state index contributed by atoms with van der Waals surface area (Å²) in [7, 11) is 4.00. The number of fused-ring (bicyclic) bond motifs is 2. The summed E-state index contributed by atoms with van der Waals surface area (Å²) in [5.41, 5.74) is 11.9. The lowest BCUT2D eigenvalue weighted by atomic mass is 9.87. The van der Waals surface area contributed by atoms with E-state index in [1.807, 2.05) is 79.7 Å². The number of anilines is 1. The molecule has 0 saturated carbocycles. The maximum absolute atomic E-state index is 14.6. The Hall–Kier alpha value is -8.06. The van der Waals surface area contributed by atoms with Crippen molar-refractivity contribution in [2.75, 3.05) is 19.0 Å². The maximum atomic E-state index is 14.6. The van der Waals surface area contributed by atoms with Gasteiger partial charge in [-0.05, 0) is 83.8 Å². The minimum absolute atomic E-state index is 0.0795. The summed E-state index contributed by atoms with van der Waals surface area (Å²) in [4.78, 5) is 43.9. The number of nitrogens with one attached hydrogen (secondary N) is 2. The summed E-state index contributed by atoms with van der Waals surface area (Å²) in [5, 5.41) is 0. The van der Waals surface area contributed by atoms with E-state index >= 15 is 0 Å². The number of nitrogens with zero attached hydrogens (tertiary/aromatic N) is 9. The number of aromatic amines is 2. The summed E-state index contributed by atoms with van der Waals surface area (Å²) < 4.78 is 29.3. The zero-order valence-corrected chi connectivity index (χ0v) is 35.1. The van der Waals surface area contributed by atoms with Crippen LogP contribution >= 0.6 is 0 Å². The zero-order valence-electron chi connectivity index (χ0n) is 35.1. The summed E-state index contributed by atoms with van der Waals surface area (Å²) in [6, 6.07) is 31.0. The Balaban J connectivity index is 0.000000160. The molecule has 0 spiro atoms. The van der Waals surface area contributed by atoms with Gasteiger partial charge in [-0.2, -0.15) is 0 Å². The molecule has 8 heterocycles. The molecule has 0 fully saturated rings. The van der Waals surface area contributed by atoms with E-state index in [1.165, 1.54) is 18.0 Å². The number of aromatic nitrogens is 10. The van der Waals surface area contributed by atoms with Crippen molar-refractivity contribution in [1.82, 2.24) is 49.8 Å². The fourth-order valence-corrected chi connectivity index (χ4v) is 7.25. The van der Waals surface area contributed by atoms with Gasteiger partial charge in [0.05, 0.1) is 34.8 Å². The highest BCUT2D eigenvalue weighted by atomic mass is 19.1. The summed E-state index contributed by atoms with van der Waals surface area (Å²) in [6.45, 7) is 6.56. The first kappa shape index (κ1) is 40.4. The second-order valence-corrected chi connectivity index (χ2v) is 16.1. The molecule has 2 N–H and O–H groups in total. The smallest absolute Gasteiger partial charge is 0.178 e. The Morgan fingerprint density at radius 3 is 1.32 bits per heavy atom. The summed E-state index contributed by atoms with van der Waals surface area (Å²) in [5.74, 6) is 0.610. The number of benzene rings is 2. The van der Waals surface area contributed by atoms with Crippen LogP contribution in [0.3, 0.4) is 0 Å². The van der Waals surface area contributed by atoms with Crippen molar-refractivity contribution in [3.05, 3.63) is 164 Å². The topological polar surface area (TPSA) is 138 Å². The third kappa shape index (κ3) is 8.36. The van der Waals surface area contributed by atoms with Crippen molar-refractivity contribution in [1.29, 1.82) is 0 Å². The normalized spacial score (nSPS) is 11.4.